The van der Waals surface area contributed by atoms with E-state index in [2.05, 4.69) is 20.3 Å². The second-order valence-electron chi connectivity index (χ2n) is 5.00. The number of ether oxygens (including phenoxy) is 1. The number of fused-ring (bicyclic) bond motifs is 3. The van der Waals surface area contributed by atoms with Crippen LogP contribution in [-0.2, 0) is 11.3 Å². The summed E-state index contributed by atoms with van der Waals surface area (Å²) in [6.45, 7) is 1.20. The molecule has 2 bridgehead atoms. The number of aromatic nitrogens is 4. The molecule has 0 radical (unpaired) electrons. The number of hydrogen-bond donors (Lipinski definition) is 3. The van der Waals surface area contributed by atoms with Gasteiger partial charge in [-0.2, -0.15) is 0 Å². The number of nitrogens with two attached hydrogens (primary N) is 1. The van der Waals surface area contributed by atoms with Crippen molar-refractivity contribution >= 4 is 17.0 Å². The van der Waals surface area contributed by atoms with Crippen molar-refractivity contribution in [2.45, 2.75) is 30.8 Å². The molecule has 2 aliphatic heterocycles. The summed E-state index contributed by atoms with van der Waals surface area (Å²) in [5, 5.41) is 13.3. The first-order valence-corrected chi connectivity index (χ1v) is 6.21. The molecule has 19 heavy (non-hydrogen) atoms. The van der Waals surface area contributed by atoms with Crippen molar-refractivity contribution in [1.29, 1.82) is 0 Å². The van der Waals surface area contributed by atoms with Crippen LogP contribution in [0.25, 0.3) is 11.2 Å². The van der Waals surface area contributed by atoms with Crippen LogP contribution in [0.3, 0.4) is 0 Å². The summed E-state index contributed by atoms with van der Waals surface area (Å²) in [5.74, 6) is 0.376. The van der Waals surface area contributed by atoms with Crippen LogP contribution in [0.15, 0.2) is 12.7 Å². The van der Waals surface area contributed by atoms with Crippen molar-refractivity contribution in [3.63, 3.8) is 0 Å². The third-order valence-corrected chi connectivity index (χ3v) is 3.86. The standard InChI is InChI=1S/C11H14N6O2/c12-10-7-11(14-3-13-10)17(4-15-7)1-5-9-8(18)6(16-5)2-19-9/h3-6,8-9,16,18H,1-2H2,(H2,12,13,14)/t5-,6-,8+,9-/m0/s1. The lowest BCUT2D eigenvalue weighted by Crippen LogP contribution is -2.43. The number of aliphatic hydroxyl groups excluding tert-OH is 1. The maximum Gasteiger partial charge on any atom is 0.165 e. The van der Waals surface area contributed by atoms with E-state index in [1.807, 2.05) is 4.57 Å². The van der Waals surface area contributed by atoms with Crippen molar-refractivity contribution in [2.24, 2.45) is 0 Å². The zero-order chi connectivity index (χ0) is 13.0. The van der Waals surface area contributed by atoms with E-state index in [-0.39, 0.29) is 18.2 Å². The summed E-state index contributed by atoms with van der Waals surface area (Å²) in [7, 11) is 0. The van der Waals surface area contributed by atoms with E-state index in [1.165, 1.54) is 6.33 Å². The lowest BCUT2D eigenvalue weighted by molar-refractivity contribution is 0.0216. The quantitative estimate of drug-likeness (QED) is 0.604. The molecule has 2 aromatic heterocycles. The summed E-state index contributed by atoms with van der Waals surface area (Å²) in [6.07, 6.45) is 2.52. The molecule has 4 heterocycles. The van der Waals surface area contributed by atoms with E-state index in [1.54, 1.807) is 6.33 Å². The van der Waals surface area contributed by atoms with E-state index < -0.39 is 6.10 Å². The normalized spacial score (nSPS) is 33.3. The third-order valence-electron chi connectivity index (χ3n) is 3.86. The Labute approximate surface area is 108 Å². The molecule has 0 aliphatic carbocycles. The molecular weight excluding hydrogens is 248 g/mol. The number of nitrogen functional groups attached to an aromatic ring is 1. The summed E-state index contributed by atoms with van der Waals surface area (Å²) in [5.41, 5.74) is 7.06. The minimum absolute atomic E-state index is 0.0319. The van der Waals surface area contributed by atoms with Crippen LogP contribution in [0.2, 0.25) is 0 Å². The predicted octanol–water partition coefficient (Wildman–Crippen LogP) is -1.49. The Morgan fingerprint density at radius 3 is 3.11 bits per heavy atom. The molecule has 0 spiro atoms. The minimum atomic E-state index is -0.431. The van der Waals surface area contributed by atoms with E-state index in [4.69, 9.17) is 10.5 Å². The fraction of sp³-hybridized carbons (Fsp3) is 0.545. The average molecular weight is 262 g/mol. The van der Waals surface area contributed by atoms with Gasteiger partial charge in [0, 0.05) is 6.54 Å². The zero-order valence-corrected chi connectivity index (χ0v) is 10.1. The summed E-state index contributed by atoms with van der Waals surface area (Å²) < 4.78 is 7.46. The van der Waals surface area contributed by atoms with E-state index in [0.29, 0.717) is 30.1 Å². The Morgan fingerprint density at radius 1 is 1.47 bits per heavy atom. The first-order chi connectivity index (χ1) is 9.24. The molecule has 4 atom stereocenters. The number of nitrogens with zero attached hydrogens (tertiary/aromatic N) is 4. The van der Waals surface area contributed by atoms with Gasteiger partial charge >= 0.3 is 0 Å². The van der Waals surface area contributed by atoms with Gasteiger partial charge in [0.15, 0.2) is 11.5 Å². The second-order valence-corrected chi connectivity index (χ2v) is 5.00. The van der Waals surface area contributed by atoms with Gasteiger partial charge in [-0.25, -0.2) is 15.0 Å². The third kappa shape index (κ3) is 1.54. The van der Waals surface area contributed by atoms with Crippen LogP contribution in [0.5, 0.6) is 0 Å². The topological polar surface area (TPSA) is 111 Å². The SMILES string of the molecule is Nc1ncnc2c1ncn2C[C@@H]1N[C@H]2CO[C@@H]1[C@@H]2O. The number of nitrogens with one attached hydrogen (secondary N) is 1. The van der Waals surface area contributed by atoms with Crippen molar-refractivity contribution in [3.8, 4) is 0 Å². The molecule has 2 aromatic rings. The number of morpholine rings is 1. The smallest absolute Gasteiger partial charge is 0.165 e. The highest BCUT2D eigenvalue weighted by Gasteiger charge is 2.48. The van der Waals surface area contributed by atoms with Crippen molar-refractivity contribution in [3.05, 3.63) is 12.7 Å². The van der Waals surface area contributed by atoms with Gasteiger partial charge in [0.1, 0.15) is 17.9 Å². The van der Waals surface area contributed by atoms with Crippen LogP contribution < -0.4 is 11.1 Å². The summed E-state index contributed by atoms with van der Waals surface area (Å²) in [4.78, 5) is 12.3. The first kappa shape index (κ1) is 11.1. The number of aliphatic hydroxyl groups is 1. The highest BCUT2D eigenvalue weighted by Crippen LogP contribution is 2.27. The molecule has 0 saturated carbocycles. The van der Waals surface area contributed by atoms with Gasteiger partial charge < -0.3 is 25.5 Å². The monoisotopic (exact) mass is 262 g/mol. The predicted molar refractivity (Wildman–Crippen MR) is 66.2 cm³/mol. The van der Waals surface area contributed by atoms with Crippen LogP contribution in [0.4, 0.5) is 5.82 Å². The fourth-order valence-corrected chi connectivity index (χ4v) is 2.91. The molecular formula is C11H14N6O2. The maximum atomic E-state index is 9.93. The van der Waals surface area contributed by atoms with Gasteiger partial charge in [-0.3, -0.25) is 0 Å². The number of anilines is 1. The Morgan fingerprint density at radius 2 is 2.37 bits per heavy atom. The zero-order valence-electron chi connectivity index (χ0n) is 10.1. The Bertz CT molecular complexity index is 629. The number of hydrogen-bond acceptors (Lipinski definition) is 7. The molecule has 4 rings (SSSR count). The molecule has 8 nitrogen and oxygen atoms in total. The highest BCUT2D eigenvalue weighted by atomic mass is 16.5. The molecule has 100 valence electrons. The van der Waals surface area contributed by atoms with Crippen molar-refractivity contribution in [1.82, 2.24) is 24.8 Å². The summed E-state index contributed by atoms with van der Waals surface area (Å²) >= 11 is 0. The molecule has 0 amide bonds. The number of rotatable bonds is 2. The molecule has 2 fully saturated rings. The Hall–Kier alpha value is -1.77. The van der Waals surface area contributed by atoms with Crippen LogP contribution in [-0.4, -0.2) is 55.5 Å². The molecule has 2 aliphatic rings. The van der Waals surface area contributed by atoms with Crippen LogP contribution in [0.1, 0.15) is 0 Å². The van der Waals surface area contributed by atoms with Gasteiger partial charge in [0.25, 0.3) is 0 Å². The van der Waals surface area contributed by atoms with Crippen LogP contribution in [0, 0.1) is 0 Å². The lowest BCUT2D eigenvalue weighted by atomic mass is 10.1. The van der Waals surface area contributed by atoms with Gasteiger partial charge in [-0.05, 0) is 0 Å². The molecule has 4 N–H and O–H groups in total. The van der Waals surface area contributed by atoms with Gasteiger partial charge in [-0.1, -0.05) is 0 Å². The molecule has 2 saturated heterocycles. The van der Waals surface area contributed by atoms with E-state index in [0.717, 1.165) is 0 Å². The van der Waals surface area contributed by atoms with Gasteiger partial charge in [-0.15, -0.1) is 0 Å². The molecule has 0 aromatic carbocycles. The lowest BCUT2D eigenvalue weighted by Gasteiger charge is -2.23. The molecule has 0 unspecified atom stereocenters. The van der Waals surface area contributed by atoms with Crippen LogP contribution >= 0.6 is 0 Å². The van der Waals surface area contributed by atoms with Crippen molar-refractivity contribution in [2.75, 3.05) is 12.3 Å². The Kier molecular flexibility index (Phi) is 2.25. The summed E-state index contributed by atoms with van der Waals surface area (Å²) in [6, 6.07) is 0.0896. The Balaban J connectivity index is 1.64. The van der Waals surface area contributed by atoms with E-state index in [9.17, 15) is 5.11 Å². The van der Waals surface area contributed by atoms with Gasteiger partial charge in [0.2, 0.25) is 0 Å². The van der Waals surface area contributed by atoms with E-state index >= 15 is 0 Å². The minimum Gasteiger partial charge on any atom is -0.389 e. The molecule has 8 heteroatoms. The highest BCUT2D eigenvalue weighted by molar-refractivity contribution is 5.81. The second kappa shape index (κ2) is 3.86. The van der Waals surface area contributed by atoms with Crippen molar-refractivity contribution < 1.29 is 9.84 Å². The first-order valence-electron chi connectivity index (χ1n) is 6.21. The van der Waals surface area contributed by atoms with Gasteiger partial charge in [0.05, 0.1) is 31.1 Å². The fourth-order valence-electron chi connectivity index (χ4n) is 2.91. The number of imidazole rings is 1. The largest absolute Gasteiger partial charge is 0.389 e. The maximum absolute atomic E-state index is 9.93. The average Bonchev–Trinajstić information content (AvgIpc) is 3.05.